The third-order valence-electron chi connectivity index (χ3n) is 3.75. The fraction of sp³-hybridized carbons (Fsp3) is 0.600. The van der Waals surface area contributed by atoms with Crippen LogP contribution in [0.2, 0.25) is 0 Å². The lowest BCUT2D eigenvalue weighted by molar-refractivity contribution is 0.201. The van der Waals surface area contributed by atoms with Crippen LogP contribution in [-0.2, 0) is 0 Å². The highest BCUT2D eigenvalue weighted by molar-refractivity contribution is 5.42. The average Bonchev–Trinajstić information content (AvgIpc) is 2.87. The topological polar surface area (TPSA) is 21.7 Å². The Morgan fingerprint density at radius 3 is 2.61 bits per heavy atom. The van der Waals surface area contributed by atoms with E-state index in [9.17, 15) is 0 Å². The van der Waals surface area contributed by atoms with Gasteiger partial charge >= 0.3 is 0 Å². The Kier molecular flexibility index (Phi) is 4.12. The molecule has 0 saturated carbocycles. The van der Waals surface area contributed by atoms with Crippen molar-refractivity contribution in [1.29, 1.82) is 0 Å². The van der Waals surface area contributed by atoms with E-state index in [0.29, 0.717) is 12.1 Å². The van der Waals surface area contributed by atoms with Crippen LogP contribution >= 0.6 is 0 Å². The maximum Gasteiger partial charge on any atom is 0.123 e. The van der Waals surface area contributed by atoms with E-state index >= 15 is 0 Å². The van der Waals surface area contributed by atoms with Crippen LogP contribution in [0.1, 0.15) is 38.3 Å². The molecule has 0 aliphatic carbocycles. The van der Waals surface area contributed by atoms with Gasteiger partial charge in [-0.3, -0.25) is 4.90 Å². The second-order valence-corrected chi connectivity index (χ2v) is 5.10. The predicted molar refractivity (Wildman–Crippen MR) is 73.4 cm³/mol. The molecule has 0 aromatic heterocycles. The number of methoxy groups -OCH3 is 2. The summed E-state index contributed by atoms with van der Waals surface area (Å²) in [5.74, 6) is 1.87. The monoisotopic (exact) mass is 249 g/mol. The van der Waals surface area contributed by atoms with Crippen LogP contribution in [0.3, 0.4) is 0 Å². The molecular formula is C15H23NO2. The number of hydrogen-bond donors (Lipinski definition) is 0. The maximum atomic E-state index is 5.50. The number of ether oxygens (including phenoxy) is 2. The SMILES string of the molecule is COc1ccc(OC)c(C2CCCN2C(C)C)c1. The Bertz CT molecular complexity index is 403. The van der Waals surface area contributed by atoms with Crippen LogP contribution in [0.4, 0.5) is 0 Å². The molecular weight excluding hydrogens is 226 g/mol. The first-order valence-corrected chi connectivity index (χ1v) is 6.65. The molecule has 0 N–H and O–H groups in total. The van der Waals surface area contributed by atoms with Gasteiger partial charge in [0.25, 0.3) is 0 Å². The number of rotatable bonds is 4. The summed E-state index contributed by atoms with van der Waals surface area (Å²) in [7, 11) is 3.44. The maximum absolute atomic E-state index is 5.50. The van der Waals surface area contributed by atoms with Gasteiger partial charge in [0.2, 0.25) is 0 Å². The molecule has 1 fully saturated rings. The zero-order valence-corrected chi connectivity index (χ0v) is 11.8. The van der Waals surface area contributed by atoms with Gasteiger partial charge in [0, 0.05) is 17.6 Å². The molecule has 0 radical (unpaired) electrons. The Morgan fingerprint density at radius 1 is 1.22 bits per heavy atom. The summed E-state index contributed by atoms with van der Waals surface area (Å²) in [6.07, 6.45) is 2.45. The summed E-state index contributed by atoms with van der Waals surface area (Å²) >= 11 is 0. The third-order valence-corrected chi connectivity index (χ3v) is 3.75. The lowest BCUT2D eigenvalue weighted by atomic mass is 10.0. The first-order valence-electron chi connectivity index (χ1n) is 6.65. The van der Waals surface area contributed by atoms with Gasteiger partial charge in [0.05, 0.1) is 14.2 Å². The van der Waals surface area contributed by atoms with Crippen LogP contribution in [0.15, 0.2) is 18.2 Å². The largest absolute Gasteiger partial charge is 0.497 e. The van der Waals surface area contributed by atoms with Gasteiger partial charge in [-0.05, 0) is 51.4 Å². The summed E-state index contributed by atoms with van der Waals surface area (Å²) in [6, 6.07) is 7.09. The van der Waals surface area contributed by atoms with Crippen molar-refractivity contribution in [3.8, 4) is 11.5 Å². The minimum Gasteiger partial charge on any atom is -0.497 e. The number of likely N-dealkylation sites (tertiary alicyclic amines) is 1. The number of benzene rings is 1. The molecule has 1 unspecified atom stereocenters. The normalized spacial score (nSPS) is 20.4. The fourth-order valence-corrected chi connectivity index (χ4v) is 2.84. The summed E-state index contributed by atoms with van der Waals surface area (Å²) in [4.78, 5) is 2.54. The van der Waals surface area contributed by atoms with Crippen molar-refractivity contribution in [3.05, 3.63) is 23.8 Å². The van der Waals surface area contributed by atoms with Crippen molar-refractivity contribution >= 4 is 0 Å². The van der Waals surface area contributed by atoms with E-state index in [1.54, 1.807) is 14.2 Å². The summed E-state index contributed by atoms with van der Waals surface area (Å²) in [6.45, 7) is 5.68. The van der Waals surface area contributed by atoms with Gasteiger partial charge in [-0.2, -0.15) is 0 Å². The second kappa shape index (κ2) is 5.61. The average molecular weight is 249 g/mol. The highest BCUT2D eigenvalue weighted by Gasteiger charge is 2.30. The zero-order valence-electron chi connectivity index (χ0n) is 11.8. The number of nitrogens with zero attached hydrogens (tertiary/aromatic N) is 1. The van der Waals surface area contributed by atoms with Gasteiger partial charge in [-0.1, -0.05) is 0 Å². The minimum atomic E-state index is 0.454. The molecule has 100 valence electrons. The van der Waals surface area contributed by atoms with E-state index in [4.69, 9.17) is 9.47 Å². The van der Waals surface area contributed by atoms with Crippen LogP contribution in [0.25, 0.3) is 0 Å². The van der Waals surface area contributed by atoms with E-state index in [1.807, 2.05) is 12.1 Å². The Hall–Kier alpha value is -1.22. The van der Waals surface area contributed by atoms with Gasteiger partial charge in [0.1, 0.15) is 11.5 Å². The molecule has 1 atom stereocenters. The first-order chi connectivity index (χ1) is 8.67. The Labute approximate surface area is 110 Å². The highest BCUT2D eigenvalue weighted by Crippen LogP contribution is 2.39. The molecule has 1 aliphatic rings. The van der Waals surface area contributed by atoms with Crippen molar-refractivity contribution in [2.24, 2.45) is 0 Å². The van der Waals surface area contributed by atoms with Crippen LogP contribution in [-0.4, -0.2) is 31.7 Å². The molecule has 1 aromatic rings. The minimum absolute atomic E-state index is 0.454. The quantitative estimate of drug-likeness (QED) is 0.817. The van der Waals surface area contributed by atoms with Gasteiger partial charge in [0.15, 0.2) is 0 Å². The van der Waals surface area contributed by atoms with E-state index < -0.39 is 0 Å². The molecule has 18 heavy (non-hydrogen) atoms. The van der Waals surface area contributed by atoms with Crippen molar-refractivity contribution < 1.29 is 9.47 Å². The van der Waals surface area contributed by atoms with E-state index in [0.717, 1.165) is 11.5 Å². The Morgan fingerprint density at radius 2 is 2.00 bits per heavy atom. The molecule has 0 bridgehead atoms. The predicted octanol–water partition coefficient (Wildman–Crippen LogP) is 3.25. The zero-order chi connectivity index (χ0) is 13.1. The molecule has 0 amide bonds. The lowest BCUT2D eigenvalue weighted by Crippen LogP contribution is -2.30. The van der Waals surface area contributed by atoms with Gasteiger partial charge < -0.3 is 9.47 Å². The molecule has 0 spiro atoms. The van der Waals surface area contributed by atoms with Crippen molar-refractivity contribution in [1.82, 2.24) is 4.90 Å². The molecule has 1 aromatic carbocycles. The fourth-order valence-electron chi connectivity index (χ4n) is 2.84. The van der Waals surface area contributed by atoms with Gasteiger partial charge in [-0.15, -0.1) is 0 Å². The van der Waals surface area contributed by atoms with Gasteiger partial charge in [-0.25, -0.2) is 0 Å². The smallest absolute Gasteiger partial charge is 0.123 e. The van der Waals surface area contributed by atoms with Crippen molar-refractivity contribution in [2.45, 2.75) is 38.8 Å². The van der Waals surface area contributed by atoms with E-state index in [1.165, 1.54) is 24.9 Å². The number of hydrogen-bond acceptors (Lipinski definition) is 3. The first kappa shape index (κ1) is 13.2. The molecule has 2 rings (SSSR count). The lowest BCUT2D eigenvalue weighted by Gasteiger charge is -2.29. The molecule has 1 heterocycles. The summed E-state index contributed by atoms with van der Waals surface area (Å²) < 4.78 is 10.8. The molecule has 3 heteroatoms. The van der Waals surface area contributed by atoms with Crippen LogP contribution in [0.5, 0.6) is 11.5 Å². The van der Waals surface area contributed by atoms with Crippen molar-refractivity contribution in [2.75, 3.05) is 20.8 Å². The molecule has 1 saturated heterocycles. The Balaban J connectivity index is 2.35. The molecule has 1 aliphatic heterocycles. The highest BCUT2D eigenvalue weighted by atomic mass is 16.5. The van der Waals surface area contributed by atoms with E-state index in [-0.39, 0.29) is 0 Å². The van der Waals surface area contributed by atoms with Crippen LogP contribution < -0.4 is 9.47 Å². The summed E-state index contributed by atoms with van der Waals surface area (Å²) in [5, 5.41) is 0. The standard InChI is InChI=1S/C15H23NO2/c1-11(2)16-9-5-6-14(16)13-10-12(17-3)7-8-15(13)18-4/h7-8,10-11,14H,5-6,9H2,1-4H3. The second-order valence-electron chi connectivity index (χ2n) is 5.10. The third kappa shape index (κ3) is 2.46. The van der Waals surface area contributed by atoms with E-state index in [2.05, 4.69) is 24.8 Å². The summed E-state index contributed by atoms with van der Waals surface area (Å²) in [5.41, 5.74) is 1.25. The van der Waals surface area contributed by atoms with Crippen molar-refractivity contribution in [3.63, 3.8) is 0 Å². The molecule has 3 nitrogen and oxygen atoms in total. The van der Waals surface area contributed by atoms with Crippen LogP contribution in [0, 0.1) is 0 Å².